The molecule has 2 aliphatic heterocycles. The van der Waals surface area contributed by atoms with Crippen LogP contribution in [0.2, 0.25) is 0 Å². The lowest BCUT2D eigenvalue weighted by molar-refractivity contribution is -0.117. The number of carbonyl (C=O) groups is 3. The summed E-state index contributed by atoms with van der Waals surface area (Å²) >= 11 is 1.11. The minimum absolute atomic E-state index is 0.183. The SMILES string of the molecule is CCOC(=O)c1c(NC(=O)CN2CCC(CCN3CCOCC3)CC2)sc(C(=O)NC)c1C. The van der Waals surface area contributed by atoms with E-state index in [4.69, 9.17) is 9.47 Å². The Kier molecular flexibility index (Phi) is 9.66. The van der Waals surface area contributed by atoms with Gasteiger partial charge in [0.15, 0.2) is 0 Å². The minimum Gasteiger partial charge on any atom is -0.462 e. The molecule has 0 atom stereocenters. The van der Waals surface area contributed by atoms with E-state index in [1.54, 1.807) is 13.8 Å². The number of anilines is 1. The van der Waals surface area contributed by atoms with Gasteiger partial charge in [0.2, 0.25) is 5.91 Å². The molecule has 0 bridgehead atoms. The van der Waals surface area contributed by atoms with Crippen LogP contribution in [0.25, 0.3) is 0 Å². The van der Waals surface area contributed by atoms with Gasteiger partial charge >= 0.3 is 5.97 Å². The first kappa shape index (κ1) is 25.6. The molecule has 0 saturated carbocycles. The summed E-state index contributed by atoms with van der Waals surface area (Å²) in [5.74, 6) is -0.310. The highest BCUT2D eigenvalue weighted by molar-refractivity contribution is 7.18. The van der Waals surface area contributed by atoms with E-state index in [2.05, 4.69) is 20.4 Å². The maximum atomic E-state index is 12.8. The standard InChI is InChI=1S/C23H36N4O5S/c1-4-32-23(30)19-16(2)20(21(29)24-3)33-22(19)25-18(28)15-27-9-6-17(7-10-27)5-8-26-11-13-31-14-12-26/h17H,4-15H2,1-3H3,(H,24,29)(H,25,28). The maximum Gasteiger partial charge on any atom is 0.341 e. The zero-order valence-corrected chi connectivity index (χ0v) is 20.7. The highest BCUT2D eigenvalue weighted by Crippen LogP contribution is 2.34. The van der Waals surface area contributed by atoms with Crippen molar-refractivity contribution in [1.29, 1.82) is 0 Å². The number of nitrogens with zero attached hydrogens (tertiary/aromatic N) is 2. The summed E-state index contributed by atoms with van der Waals surface area (Å²) in [6.45, 7) is 10.5. The Morgan fingerprint density at radius 2 is 1.82 bits per heavy atom. The quantitative estimate of drug-likeness (QED) is 0.521. The molecule has 2 saturated heterocycles. The molecule has 0 spiro atoms. The molecule has 2 aliphatic rings. The van der Waals surface area contributed by atoms with E-state index < -0.39 is 5.97 Å². The number of likely N-dealkylation sites (tertiary alicyclic amines) is 1. The number of rotatable bonds is 9. The van der Waals surface area contributed by atoms with Crippen molar-refractivity contribution < 1.29 is 23.9 Å². The first-order chi connectivity index (χ1) is 15.9. The summed E-state index contributed by atoms with van der Waals surface area (Å²) in [7, 11) is 1.54. The molecule has 2 fully saturated rings. The van der Waals surface area contributed by atoms with Crippen LogP contribution in [0.4, 0.5) is 5.00 Å². The van der Waals surface area contributed by atoms with Gasteiger partial charge in [0.25, 0.3) is 5.91 Å². The fourth-order valence-corrected chi connectivity index (χ4v) is 5.53. The third-order valence-electron chi connectivity index (χ3n) is 6.34. The summed E-state index contributed by atoms with van der Waals surface area (Å²) in [5.41, 5.74) is 0.782. The van der Waals surface area contributed by atoms with Crippen LogP contribution >= 0.6 is 11.3 Å². The van der Waals surface area contributed by atoms with E-state index in [1.807, 2.05) is 0 Å². The molecule has 0 aliphatic carbocycles. The van der Waals surface area contributed by atoms with E-state index in [0.717, 1.165) is 70.1 Å². The fourth-order valence-electron chi connectivity index (χ4n) is 4.37. The topological polar surface area (TPSA) is 100 Å². The second kappa shape index (κ2) is 12.5. The van der Waals surface area contributed by atoms with E-state index in [0.29, 0.717) is 21.4 Å². The fraction of sp³-hybridized carbons (Fsp3) is 0.696. The van der Waals surface area contributed by atoms with Crippen LogP contribution in [0.1, 0.15) is 51.8 Å². The van der Waals surface area contributed by atoms with Crippen molar-refractivity contribution >= 4 is 34.1 Å². The third-order valence-corrected chi connectivity index (χ3v) is 7.55. The van der Waals surface area contributed by atoms with Gasteiger partial charge in [-0.25, -0.2) is 4.79 Å². The summed E-state index contributed by atoms with van der Waals surface area (Å²) in [5, 5.41) is 5.80. The predicted molar refractivity (Wildman–Crippen MR) is 128 cm³/mol. The van der Waals surface area contributed by atoms with Crippen LogP contribution in [0.5, 0.6) is 0 Å². The number of piperidine rings is 1. The summed E-state index contributed by atoms with van der Waals surface area (Å²) in [6, 6.07) is 0. The van der Waals surface area contributed by atoms with E-state index in [9.17, 15) is 14.4 Å². The van der Waals surface area contributed by atoms with Crippen LogP contribution < -0.4 is 10.6 Å². The van der Waals surface area contributed by atoms with Gasteiger partial charge in [-0.1, -0.05) is 0 Å². The third kappa shape index (κ3) is 6.99. The molecule has 0 radical (unpaired) electrons. The number of esters is 1. The highest BCUT2D eigenvalue weighted by atomic mass is 32.1. The molecule has 9 nitrogen and oxygen atoms in total. The summed E-state index contributed by atoms with van der Waals surface area (Å²) in [6.07, 6.45) is 3.37. The average Bonchev–Trinajstić information content (AvgIpc) is 3.14. The molecule has 1 aromatic rings. The molecule has 184 valence electrons. The van der Waals surface area contributed by atoms with Gasteiger partial charge in [-0.2, -0.15) is 0 Å². The lowest BCUT2D eigenvalue weighted by Gasteiger charge is -2.33. The first-order valence-corrected chi connectivity index (χ1v) is 12.6. The summed E-state index contributed by atoms with van der Waals surface area (Å²) in [4.78, 5) is 42.5. The van der Waals surface area contributed by atoms with Crippen molar-refractivity contribution in [1.82, 2.24) is 15.1 Å². The molecule has 0 aromatic carbocycles. The molecule has 1 aromatic heterocycles. The monoisotopic (exact) mass is 480 g/mol. The van der Waals surface area contributed by atoms with Crippen molar-refractivity contribution in [3.8, 4) is 0 Å². The average molecular weight is 481 g/mol. The van der Waals surface area contributed by atoms with Gasteiger partial charge in [-0.3, -0.25) is 19.4 Å². The lowest BCUT2D eigenvalue weighted by atomic mass is 9.93. The van der Waals surface area contributed by atoms with E-state index >= 15 is 0 Å². The minimum atomic E-state index is -0.530. The van der Waals surface area contributed by atoms with Gasteiger partial charge < -0.3 is 20.1 Å². The second-order valence-electron chi connectivity index (χ2n) is 8.57. The van der Waals surface area contributed by atoms with Crippen molar-refractivity contribution in [3.05, 3.63) is 16.0 Å². The van der Waals surface area contributed by atoms with Gasteiger partial charge in [0.1, 0.15) is 5.00 Å². The highest BCUT2D eigenvalue weighted by Gasteiger charge is 2.27. The number of amides is 2. The Labute approximate surface area is 199 Å². The number of carbonyl (C=O) groups excluding carboxylic acids is 3. The maximum absolute atomic E-state index is 12.8. The number of thiophene rings is 1. The Bertz CT molecular complexity index is 829. The Morgan fingerprint density at radius 1 is 1.12 bits per heavy atom. The lowest BCUT2D eigenvalue weighted by Crippen LogP contribution is -2.41. The first-order valence-electron chi connectivity index (χ1n) is 11.8. The van der Waals surface area contributed by atoms with Crippen molar-refractivity contribution in [2.75, 3.05) is 71.5 Å². The number of hydrogen-bond acceptors (Lipinski definition) is 8. The summed E-state index contributed by atoms with van der Waals surface area (Å²) < 4.78 is 10.6. The molecule has 3 rings (SSSR count). The van der Waals surface area contributed by atoms with Gasteiger partial charge in [0, 0.05) is 20.1 Å². The van der Waals surface area contributed by atoms with Crippen molar-refractivity contribution in [2.45, 2.75) is 33.1 Å². The Balaban J connectivity index is 1.52. The normalized spacial score (nSPS) is 18.2. The number of morpholine rings is 1. The zero-order chi connectivity index (χ0) is 23.8. The van der Waals surface area contributed by atoms with Crippen molar-refractivity contribution in [2.24, 2.45) is 5.92 Å². The molecule has 10 heteroatoms. The second-order valence-corrected chi connectivity index (χ2v) is 9.59. The van der Waals surface area contributed by atoms with E-state index in [1.165, 1.54) is 13.5 Å². The van der Waals surface area contributed by atoms with Crippen molar-refractivity contribution in [3.63, 3.8) is 0 Å². The molecule has 0 unspecified atom stereocenters. The molecule has 2 amide bonds. The van der Waals surface area contributed by atoms with Gasteiger partial charge in [-0.15, -0.1) is 11.3 Å². The number of hydrogen-bond donors (Lipinski definition) is 2. The largest absolute Gasteiger partial charge is 0.462 e. The number of ether oxygens (including phenoxy) is 2. The Morgan fingerprint density at radius 3 is 2.45 bits per heavy atom. The van der Waals surface area contributed by atoms with Crippen LogP contribution in [0, 0.1) is 12.8 Å². The molecular formula is C23H36N4O5S. The van der Waals surface area contributed by atoms with E-state index in [-0.39, 0.29) is 30.5 Å². The number of nitrogens with one attached hydrogen (secondary N) is 2. The van der Waals surface area contributed by atoms with Crippen LogP contribution in [-0.2, 0) is 14.3 Å². The van der Waals surface area contributed by atoms with Crippen LogP contribution in [0.3, 0.4) is 0 Å². The predicted octanol–water partition coefficient (Wildman–Crippen LogP) is 1.97. The van der Waals surface area contributed by atoms with Crippen LogP contribution in [0.15, 0.2) is 0 Å². The van der Waals surface area contributed by atoms with Crippen LogP contribution in [-0.4, -0.2) is 93.7 Å². The Hall–Kier alpha value is -2.01. The molecular weight excluding hydrogens is 444 g/mol. The van der Waals surface area contributed by atoms with Gasteiger partial charge in [-0.05, 0) is 64.2 Å². The molecule has 33 heavy (non-hydrogen) atoms. The van der Waals surface area contributed by atoms with Gasteiger partial charge in [0.05, 0.1) is 36.8 Å². The zero-order valence-electron chi connectivity index (χ0n) is 19.9. The molecule has 2 N–H and O–H groups in total. The smallest absolute Gasteiger partial charge is 0.341 e. The molecule has 3 heterocycles.